The molecule has 35 heavy (non-hydrogen) atoms. The zero-order valence-corrected chi connectivity index (χ0v) is 21.1. The van der Waals surface area contributed by atoms with E-state index in [4.69, 9.17) is 0 Å². The molecule has 8 nitrogen and oxygen atoms in total. The molecule has 184 valence electrons. The van der Waals surface area contributed by atoms with Crippen molar-refractivity contribution in [2.45, 2.75) is 50.2 Å². The lowest BCUT2D eigenvalue weighted by Gasteiger charge is -2.17. The molecule has 1 saturated heterocycles. The highest BCUT2D eigenvalue weighted by Crippen LogP contribution is 2.22. The fourth-order valence-corrected chi connectivity index (χ4v) is 4.98. The van der Waals surface area contributed by atoms with E-state index in [-0.39, 0.29) is 17.2 Å². The van der Waals surface area contributed by atoms with Crippen LogP contribution in [0.2, 0.25) is 0 Å². The molecule has 0 unspecified atom stereocenters. The molecule has 0 bridgehead atoms. The van der Waals surface area contributed by atoms with E-state index in [0.29, 0.717) is 5.69 Å². The van der Waals surface area contributed by atoms with Crippen molar-refractivity contribution in [2.24, 2.45) is 0 Å². The van der Waals surface area contributed by atoms with Gasteiger partial charge in [-0.15, -0.1) is 0 Å². The highest BCUT2D eigenvalue weighted by molar-refractivity contribution is 7.92. The molecular formula is C26H31N5O3S. The largest absolute Gasteiger partial charge is 0.341 e. The van der Waals surface area contributed by atoms with Gasteiger partial charge in [-0.3, -0.25) is 4.79 Å². The molecule has 1 aliphatic heterocycles. The fourth-order valence-electron chi connectivity index (χ4n) is 3.92. The van der Waals surface area contributed by atoms with Gasteiger partial charge in [-0.25, -0.2) is 13.4 Å². The first-order valence-corrected chi connectivity index (χ1v) is 13.4. The van der Waals surface area contributed by atoms with Crippen molar-refractivity contribution in [3.05, 3.63) is 65.9 Å². The summed E-state index contributed by atoms with van der Waals surface area (Å²) in [7, 11) is -3.32. The fraction of sp³-hybridized carbons (Fsp3) is 0.346. The smallest absolute Gasteiger partial charge is 0.228 e. The zero-order chi connectivity index (χ0) is 25.0. The molecule has 0 atom stereocenters. The SMILES string of the molecule is Cc1cc(Nc2ccc(NC(=O)Cc3ccc(S(=O)(=O)C(C)C)cc3)cc2)nc(N2CCCC2)n1. The van der Waals surface area contributed by atoms with E-state index in [1.54, 1.807) is 38.1 Å². The number of benzene rings is 2. The number of nitrogens with zero attached hydrogens (tertiary/aromatic N) is 3. The Balaban J connectivity index is 1.35. The van der Waals surface area contributed by atoms with Gasteiger partial charge < -0.3 is 15.5 Å². The molecule has 1 amide bonds. The van der Waals surface area contributed by atoms with Gasteiger partial charge in [0.1, 0.15) is 5.82 Å². The summed E-state index contributed by atoms with van der Waals surface area (Å²) in [6, 6.07) is 15.8. The van der Waals surface area contributed by atoms with Gasteiger partial charge in [0.2, 0.25) is 11.9 Å². The highest BCUT2D eigenvalue weighted by atomic mass is 32.2. The number of amides is 1. The summed E-state index contributed by atoms with van der Waals surface area (Å²) < 4.78 is 24.5. The van der Waals surface area contributed by atoms with E-state index >= 15 is 0 Å². The molecule has 1 fully saturated rings. The number of hydrogen-bond acceptors (Lipinski definition) is 7. The standard InChI is InChI=1S/C26H31N5O3S/c1-18(2)35(33,34)23-12-6-20(7-13-23)17-25(32)29-22-10-8-21(9-11-22)28-24-16-19(3)27-26(30-24)31-14-4-5-15-31/h6-13,16,18H,4-5,14-15,17H2,1-3H3,(H,29,32)(H,27,28,30). The minimum Gasteiger partial charge on any atom is -0.341 e. The number of anilines is 4. The number of carbonyl (C=O) groups excluding carboxylic acids is 1. The second kappa shape index (κ2) is 10.4. The monoisotopic (exact) mass is 493 g/mol. The summed E-state index contributed by atoms with van der Waals surface area (Å²) in [5.74, 6) is 1.31. The second-order valence-electron chi connectivity index (χ2n) is 9.05. The van der Waals surface area contributed by atoms with Crippen LogP contribution in [0.5, 0.6) is 0 Å². The molecule has 2 aromatic carbocycles. The number of carbonyl (C=O) groups is 1. The molecule has 4 rings (SSSR count). The van der Waals surface area contributed by atoms with Gasteiger partial charge in [-0.05, 0) is 75.6 Å². The van der Waals surface area contributed by atoms with Crippen LogP contribution in [0.15, 0.2) is 59.5 Å². The maximum atomic E-state index is 12.5. The van der Waals surface area contributed by atoms with Crippen LogP contribution in [0.25, 0.3) is 0 Å². The Hall–Kier alpha value is -3.46. The highest BCUT2D eigenvalue weighted by Gasteiger charge is 2.19. The van der Waals surface area contributed by atoms with Gasteiger partial charge in [-0.1, -0.05) is 12.1 Å². The quantitative estimate of drug-likeness (QED) is 0.476. The lowest BCUT2D eigenvalue weighted by Crippen LogP contribution is -2.21. The van der Waals surface area contributed by atoms with E-state index in [1.807, 2.05) is 37.3 Å². The van der Waals surface area contributed by atoms with Gasteiger partial charge in [0.25, 0.3) is 0 Å². The third-order valence-corrected chi connectivity index (χ3v) is 8.08. The molecular weight excluding hydrogens is 462 g/mol. The molecule has 0 radical (unpaired) electrons. The van der Waals surface area contributed by atoms with E-state index in [2.05, 4.69) is 25.5 Å². The van der Waals surface area contributed by atoms with Crippen molar-refractivity contribution < 1.29 is 13.2 Å². The molecule has 0 spiro atoms. The van der Waals surface area contributed by atoms with Crippen LogP contribution in [-0.4, -0.2) is 42.6 Å². The predicted octanol–water partition coefficient (Wildman–Crippen LogP) is 4.49. The third-order valence-electron chi connectivity index (χ3n) is 5.91. The number of aromatic nitrogens is 2. The van der Waals surface area contributed by atoms with Crippen LogP contribution >= 0.6 is 0 Å². The Kier molecular flexibility index (Phi) is 7.35. The average Bonchev–Trinajstić information content (AvgIpc) is 3.35. The number of nitrogens with one attached hydrogen (secondary N) is 2. The van der Waals surface area contributed by atoms with Crippen LogP contribution in [0, 0.1) is 6.92 Å². The Bertz CT molecular complexity index is 1280. The zero-order valence-electron chi connectivity index (χ0n) is 20.3. The van der Waals surface area contributed by atoms with Gasteiger partial charge in [-0.2, -0.15) is 4.98 Å². The van der Waals surface area contributed by atoms with E-state index < -0.39 is 15.1 Å². The van der Waals surface area contributed by atoms with Crippen molar-refractivity contribution >= 4 is 38.9 Å². The normalized spacial score (nSPS) is 13.8. The summed E-state index contributed by atoms with van der Waals surface area (Å²) in [5.41, 5.74) is 3.19. The molecule has 3 aromatic rings. The van der Waals surface area contributed by atoms with Crippen molar-refractivity contribution in [2.75, 3.05) is 28.6 Å². The van der Waals surface area contributed by atoms with Crippen LogP contribution in [0.3, 0.4) is 0 Å². The predicted molar refractivity (Wildman–Crippen MR) is 139 cm³/mol. The lowest BCUT2D eigenvalue weighted by atomic mass is 10.1. The summed E-state index contributed by atoms with van der Waals surface area (Å²) in [4.78, 5) is 24.2. The number of aryl methyl sites for hydroxylation is 1. The summed E-state index contributed by atoms with van der Waals surface area (Å²) in [5, 5.41) is 5.71. The van der Waals surface area contributed by atoms with Crippen molar-refractivity contribution in [3.63, 3.8) is 0 Å². The Morgan fingerprint density at radius 1 is 0.971 bits per heavy atom. The average molecular weight is 494 g/mol. The van der Waals surface area contributed by atoms with Gasteiger partial charge in [0.05, 0.1) is 16.6 Å². The van der Waals surface area contributed by atoms with E-state index in [1.165, 1.54) is 12.8 Å². The van der Waals surface area contributed by atoms with Gasteiger partial charge in [0.15, 0.2) is 9.84 Å². The molecule has 0 saturated carbocycles. The van der Waals surface area contributed by atoms with Crippen LogP contribution in [-0.2, 0) is 21.1 Å². The molecule has 1 aromatic heterocycles. The second-order valence-corrected chi connectivity index (χ2v) is 11.6. The van der Waals surface area contributed by atoms with Crippen molar-refractivity contribution in [3.8, 4) is 0 Å². The molecule has 2 N–H and O–H groups in total. The van der Waals surface area contributed by atoms with E-state index in [9.17, 15) is 13.2 Å². The summed E-state index contributed by atoms with van der Waals surface area (Å²) in [6.07, 6.45) is 2.48. The Morgan fingerprint density at radius 2 is 1.60 bits per heavy atom. The topological polar surface area (TPSA) is 104 Å². The molecule has 1 aliphatic rings. The molecule has 2 heterocycles. The van der Waals surface area contributed by atoms with Crippen LogP contribution in [0.4, 0.5) is 23.1 Å². The molecule has 9 heteroatoms. The first-order chi connectivity index (χ1) is 16.7. The maximum Gasteiger partial charge on any atom is 0.228 e. The van der Waals surface area contributed by atoms with Crippen molar-refractivity contribution in [1.29, 1.82) is 0 Å². The van der Waals surface area contributed by atoms with Crippen LogP contribution < -0.4 is 15.5 Å². The van der Waals surface area contributed by atoms with Gasteiger partial charge >= 0.3 is 0 Å². The van der Waals surface area contributed by atoms with Crippen LogP contribution in [0.1, 0.15) is 37.9 Å². The number of hydrogen-bond donors (Lipinski definition) is 2. The van der Waals surface area contributed by atoms with Gasteiger partial charge in [0, 0.05) is 36.2 Å². The molecule has 0 aliphatic carbocycles. The van der Waals surface area contributed by atoms with E-state index in [0.717, 1.165) is 41.8 Å². The number of rotatable bonds is 8. The first-order valence-electron chi connectivity index (χ1n) is 11.8. The Morgan fingerprint density at radius 3 is 2.23 bits per heavy atom. The minimum absolute atomic E-state index is 0.154. The first kappa shape index (κ1) is 24.7. The lowest BCUT2D eigenvalue weighted by molar-refractivity contribution is -0.115. The Labute approximate surface area is 206 Å². The summed E-state index contributed by atoms with van der Waals surface area (Å²) in [6.45, 7) is 7.23. The minimum atomic E-state index is -3.32. The number of sulfone groups is 1. The third kappa shape index (κ3) is 6.16. The van der Waals surface area contributed by atoms with Crippen molar-refractivity contribution in [1.82, 2.24) is 9.97 Å². The maximum absolute atomic E-state index is 12.5. The summed E-state index contributed by atoms with van der Waals surface area (Å²) >= 11 is 0.